The number of hydrogen-bond donors (Lipinski definition) is 2. The summed E-state index contributed by atoms with van der Waals surface area (Å²) in [7, 11) is 1.64. The van der Waals surface area contributed by atoms with Crippen molar-refractivity contribution in [3.63, 3.8) is 0 Å². The zero-order valence-electron chi connectivity index (χ0n) is 10.1. The van der Waals surface area contributed by atoms with Crippen LogP contribution < -0.4 is 10.6 Å². The number of aryl methyl sites for hydroxylation is 1. The maximum Gasteiger partial charge on any atom is 0.270 e. The quantitative estimate of drug-likeness (QED) is 0.750. The Hall–Kier alpha value is -1.50. The summed E-state index contributed by atoms with van der Waals surface area (Å²) in [6.07, 6.45) is 0.384. The van der Waals surface area contributed by atoms with Crippen LogP contribution in [0.5, 0.6) is 0 Å². The normalized spacial score (nSPS) is 11.5. The van der Waals surface area contributed by atoms with E-state index in [0.717, 1.165) is 0 Å². The van der Waals surface area contributed by atoms with Gasteiger partial charge in [-0.05, 0) is 26.0 Å². The predicted molar refractivity (Wildman–Crippen MR) is 59.8 cm³/mol. The van der Waals surface area contributed by atoms with Crippen LogP contribution in [0.1, 0.15) is 27.2 Å². The molecule has 0 fully saturated rings. The van der Waals surface area contributed by atoms with E-state index in [1.54, 1.807) is 7.05 Å². The highest BCUT2D eigenvalue weighted by Crippen LogP contribution is 1.99. The first-order valence-corrected chi connectivity index (χ1v) is 5.16. The first-order valence-electron chi connectivity index (χ1n) is 5.16. The van der Waals surface area contributed by atoms with Crippen molar-refractivity contribution in [2.45, 2.75) is 32.7 Å². The van der Waals surface area contributed by atoms with Gasteiger partial charge in [0.2, 0.25) is 5.91 Å². The summed E-state index contributed by atoms with van der Waals surface area (Å²) in [5.74, 6) is 0.119. The van der Waals surface area contributed by atoms with Crippen molar-refractivity contribution >= 4 is 11.9 Å². The van der Waals surface area contributed by atoms with Crippen LogP contribution in [-0.2, 0) is 11.8 Å². The molecule has 0 aliphatic rings. The molecule has 0 aliphatic heterocycles. The summed E-state index contributed by atoms with van der Waals surface area (Å²) in [6, 6.07) is 0. The van der Waals surface area contributed by atoms with Crippen molar-refractivity contribution in [2.75, 3.05) is 11.9 Å². The molecular formula is C9H18N6O. The van der Waals surface area contributed by atoms with Gasteiger partial charge in [-0.2, -0.15) is 4.80 Å². The van der Waals surface area contributed by atoms with Crippen LogP contribution in [0.2, 0.25) is 0 Å². The molecule has 0 spiro atoms. The predicted octanol–water partition coefficient (Wildman–Crippen LogP) is -0.0732. The highest BCUT2D eigenvalue weighted by atomic mass is 16.1. The van der Waals surface area contributed by atoms with Gasteiger partial charge in [0.15, 0.2) is 0 Å². The molecule has 1 heterocycles. The van der Waals surface area contributed by atoms with Crippen LogP contribution in [-0.4, -0.2) is 38.2 Å². The summed E-state index contributed by atoms with van der Waals surface area (Å²) in [4.78, 5) is 12.7. The molecule has 0 radical (unpaired) electrons. The fraction of sp³-hybridized carbons (Fsp3) is 0.778. The highest BCUT2D eigenvalue weighted by molar-refractivity contribution is 5.88. The van der Waals surface area contributed by atoms with E-state index in [1.807, 2.05) is 0 Å². The smallest absolute Gasteiger partial charge is 0.270 e. The van der Waals surface area contributed by atoms with E-state index < -0.39 is 0 Å². The van der Waals surface area contributed by atoms with Crippen molar-refractivity contribution < 1.29 is 4.79 Å². The Labute approximate surface area is 94.6 Å². The molecule has 0 saturated carbocycles. The number of nitrogens with zero attached hydrogens (tertiary/aromatic N) is 4. The summed E-state index contributed by atoms with van der Waals surface area (Å²) >= 11 is 0. The van der Waals surface area contributed by atoms with E-state index in [-0.39, 0.29) is 17.4 Å². The Kier molecular flexibility index (Phi) is 3.94. The average Bonchev–Trinajstić information content (AvgIpc) is 2.48. The van der Waals surface area contributed by atoms with Crippen molar-refractivity contribution in [3.05, 3.63) is 0 Å². The Bertz CT molecular complexity index is 353. The van der Waals surface area contributed by atoms with Crippen molar-refractivity contribution in [1.82, 2.24) is 25.5 Å². The fourth-order valence-corrected chi connectivity index (χ4v) is 1.07. The van der Waals surface area contributed by atoms with Crippen molar-refractivity contribution in [1.29, 1.82) is 0 Å². The summed E-state index contributed by atoms with van der Waals surface area (Å²) in [6.45, 7) is 6.77. The van der Waals surface area contributed by atoms with Crippen LogP contribution in [0, 0.1) is 0 Å². The lowest BCUT2D eigenvalue weighted by molar-refractivity contribution is -0.116. The Morgan fingerprint density at radius 2 is 2.12 bits per heavy atom. The SMILES string of the molecule is Cn1nnc(NC(=O)CCNC(C)(C)C)n1. The number of aromatic nitrogens is 4. The third-order valence-electron chi connectivity index (χ3n) is 1.77. The van der Waals surface area contributed by atoms with Gasteiger partial charge in [0.05, 0.1) is 7.05 Å². The lowest BCUT2D eigenvalue weighted by Gasteiger charge is -2.19. The molecular weight excluding hydrogens is 208 g/mol. The largest absolute Gasteiger partial charge is 0.312 e. The first-order chi connectivity index (χ1) is 7.37. The number of carbonyl (C=O) groups is 1. The Balaban J connectivity index is 2.26. The summed E-state index contributed by atoms with van der Waals surface area (Å²) in [5, 5.41) is 16.9. The van der Waals surface area contributed by atoms with Crippen molar-refractivity contribution in [3.8, 4) is 0 Å². The van der Waals surface area contributed by atoms with Crippen LogP contribution in [0.15, 0.2) is 0 Å². The third kappa shape index (κ3) is 4.83. The lowest BCUT2D eigenvalue weighted by atomic mass is 10.1. The molecule has 1 aromatic rings. The zero-order valence-corrected chi connectivity index (χ0v) is 10.1. The molecule has 16 heavy (non-hydrogen) atoms. The van der Waals surface area contributed by atoms with Gasteiger partial charge in [0.1, 0.15) is 0 Å². The van der Waals surface area contributed by atoms with Gasteiger partial charge in [0.25, 0.3) is 5.95 Å². The van der Waals surface area contributed by atoms with Crippen molar-refractivity contribution in [2.24, 2.45) is 7.05 Å². The van der Waals surface area contributed by atoms with E-state index in [0.29, 0.717) is 13.0 Å². The molecule has 0 aromatic carbocycles. The molecule has 0 atom stereocenters. The minimum atomic E-state index is -0.121. The molecule has 7 heteroatoms. The number of rotatable bonds is 4. The van der Waals surface area contributed by atoms with E-state index >= 15 is 0 Å². The van der Waals surface area contributed by atoms with Crippen LogP contribution in [0.3, 0.4) is 0 Å². The summed E-state index contributed by atoms with van der Waals surface area (Å²) < 4.78 is 0. The number of amides is 1. The lowest BCUT2D eigenvalue weighted by Crippen LogP contribution is -2.37. The Morgan fingerprint density at radius 1 is 1.44 bits per heavy atom. The molecule has 90 valence electrons. The minimum Gasteiger partial charge on any atom is -0.312 e. The number of anilines is 1. The average molecular weight is 226 g/mol. The van der Waals surface area contributed by atoms with Gasteiger partial charge in [-0.3, -0.25) is 10.1 Å². The number of nitrogens with one attached hydrogen (secondary N) is 2. The van der Waals surface area contributed by atoms with E-state index in [2.05, 4.69) is 46.8 Å². The zero-order chi connectivity index (χ0) is 12.2. The molecule has 0 aliphatic carbocycles. The van der Waals surface area contributed by atoms with Crippen LogP contribution >= 0.6 is 0 Å². The molecule has 0 saturated heterocycles. The van der Waals surface area contributed by atoms with Gasteiger partial charge in [0, 0.05) is 18.5 Å². The first kappa shape index (κ1) is 12.6. The third-order valence-corrected chi connectivity index (χ3v) is 1.77. The van der Waals surface area contributed by atoms with E-state index in [1.165, 1.54) is 4.80 Å². The molecule has 1 amide bonds. The highest BCUT2D eigenvalue weighted by Gasteiger charge is 2.10. The van der Waals surface area contributed by atoms with Gasteiger partial charge < -0.3 is 5.32 Å². The maximum absolute atomic E-state index is 11.4. The fourth-order valence-electron chi connectivity index (χ4n) is 1.07. The number of tetrazole rings is 1. The standard InChI is InChI=1S/C9H18N6O/c1-9(2,3)10-6-5-7(16)11-8-12-14-15(4)13-8/h10H,5-6H2,1-4H3,(H,11,13,16). The number of carbonyl (C=O) groups excluding carboxylic acids is 1. The van der Waals surface area contributed by atoms with E-state index in [4.69, 9.17) is 0 Å². The van der Waals surface area contributed by atoms with Gasteiger partial charge in [-0.25, -0.2) is 0 Å². The molecule has 0 bridgehead atoms. The molecule has 1 rings (SSSR count). The molecule has 2 N–H and O–H groups in total. The molecule has 0 unspecified atom stereocenters. The molecule has 7 nitrogen and oxygen atoms in total. The number of hydrogen-bond acceptors (Lipinski definition) is 5. The molecule has 1 aromatic heterocycles. The summed E-state index contributed by atoms with van der Waals surface area (Å²) in [5.41, 5.74) is 0.0189. The topological polar surface area (TPSA) is 84.7 Å². The Morgan fingerprint density at radius 3 is 2.62 bits per heavy atom. The minimum absolute atomic E-state index is 0.0189. The second kappa shape index (κ2) is 5.02. The second-order valence-corrected chi connectivity index (χ2v) is 4.58. The van der Waals surface area contributed by atoms with Gasteiger partial charge >= 0.3 is 0 Å². The van der Waals surface area contributed by atoms with Gasteiger partial charge in [-0.15, -0.1) is 5.10 Å². The monoisotopic (exact) mass is 226 g/mol. The maximum atomic E-state index is 11.4. The second-order valence-electron chi connectivity index (χ2n) is 4.58. The van der Waals surface area contributed by atoms with Gasteiger partial charge in [-0.1, -0.05) is 5.10 Å². The van der Waals surface area contributed by atoms with Crippen LogP contribution in [0.4, 0.5) is 5.95 Å². The van der Waals surface area contributed by atoms with E-state index in [9.17, 15) is 4.79 Å². The van der Waals surface area contributed by atoms with Crippen LogP contribution in [0.25, 0.3) is 0 Å².